The van der Waals surface area contributed by atoms with E-state index in [-0.39, 0.29) is 24.8 Å². The van der Waals surface area contributed by atoms with E-state index in [0.717, 1.165) is 65.9 Å². The second-order valence-corrected chi connectivity index (χ2v) is 10.7. The molecule has 1 saturated heterocycles. The molecule has 3 heterocycles. The van der Waals surface area contributed by atoms with Gasteiger partial charge in [-0.2, -0.15) is 11.3 Å². The summed E-state index contributed by atoms with van der Waals surface area (Å²) in [6, 6.07) is 6.54. The molecule has 8 heteroatoms. The number of ether oxygens (including phenoxy) is 1. The van der Waals surface area contributed by atoms with Crippen LogP contribution in [0.5, 0.6) is 5.75 Å². The van der Waals surface area contributed by atoms with Crippen LogP contribution in [0.4, 0.5) is 0 Å². The Kier molecular flexibility index (Phi) is 10.1. The van der Waals surface area contributed by atoms with Crippen molar-refractivity contribution in [1.29, 1.82) is 0 Å². The molecule has 0 unspecified atom stereocenters. The number of hydrogen-bond acceptors (Lipinski definition) is 6. The smallest absolute Gasteiger partial charge is 0.175 e. The van der Waals surface area contributed by atoms with Crippen LogP contribution in [0.25, 0.3) is 11.0 Å². The number of aryl methyl sites for hydroxylation is 1. The van der Waals surface area contributed by atoms with E-state index in [9.17, 15) is 0 Å². The van der Waals surface area contributed by atoms with E-state index in [0.29, 0.717) is 0 Å². The molecule has 1 aliphatic carbocycles. The van der Waals surface area contributed by atoms with Gasteiger partial charge in [-0.15, -0.1) is 24.8 Å². The zero-order valence-corrected chi connectivity index (χ0v) is 22.7. The molecule has 0 amide bonds. The molecule has 2 fully saturated rings. The van der Waals surface area contributed by atoms with Crippen LogP contribution < -0.4 is 4.74 Å². The van der Waals surface area contributed by atoms with E-state index in [4.69, 9.17) is 9.26 Å². The minimum Gasteiger partial charge on any atom is -0.493 e. The van der Waals surface area contributed by atoms with Crippen molar-refractivity contribution in [2.45, 2.75) is 51.6 Å². The predicted molar refractivity (Wildman–Crippen MR) is 145 cm³/mol. The Morgan fingerprint density at radius 1 is 1.09 bits per heavy atom. The number of benzene rings is 1. The standard InChI is InChI=1S/C26H35N3O2S.2ClH/c1-28(2)16-23-25(30-17-20-3-4-20)8-6-22-24(27-31-26(22)23)7-5-19-9-12-29(13-10-19)15-21-11-14-32-18-21;;/h6,8,11,14,18-20H,3-5,7,9-10,12-13,15-17H2,1-2H3;2*1H. The predicted octanol–water partition coefficient (Wildman–Crippen LogP) is 6.43. The van der Waals surface area contributed by atoms with Crippen molar-refractivity contribution in [3.8, 4) is 5.75 Å². The van der Waals surface area contributed by atoms with E-state index >= 15 is 0 Å². The number of piperidine rings is 1. The maximum atomic E-state index is 6.16. The molecule has 5 nitrogen and oxygen atoms in total. The molecule has 1 aliphatic heterocycles. The highest BCUT2D eigenvalue weighted by molar-refractivity contribution is 7.07. The first kappa shape index (κ1) is 27.3. The third-order valence-electron chi connectivity index (χ3n) is 6.90. The first-order chi connectivity index (χ1) is 15.7. The van der Waals surface area contributed by atoms with Crippen LogP contribution in [0.15, 0.2) is 33.5 Å². The fraction of sp³-hybridized carbons (Fsp3) is 0.577. The monoisotopic (exact) mass is 525 g/mol. The summed E-state index contributed by atoms with van der Waals surface area (Å²) in [5, 5.41) is 10.1. The Bertz CT molecular complexity index is 1010. The van der Waals surface area contributed by atoms with Gasteiger partial charge in [0.05, 0.1) is 17.9 Å². The lowest BCUT2D eigenvalue weighted by atomic mass is 9.91. The quantitative estimate of drug-likeness (QED) is 0.305. The van der Waals surface area contributed by atoms with Crippen molar-refractivity contribution in [2.75, 3.05) is 33.8 Å². The molecular formula is C26H37Cl2N3O2S. The van der Waals surface area contributed by atoms with E-state index in [1.165, 1.54) is 50.8 Å². The van der Waals surface area contributed by atoms with Crippen molar-refractivity contribution in [2.24, 2.45) is 11.8 Å². The second kappa shape index (κ2) is 12.6. The molecule has 34 heavy (non-hydrogen) atoms. The molecule has 188 valence electrons. The fourth-order valence-electron chi connectivity index (χ4n) is 4.78. The Balaban J connectivity index is 0.00000162. The summed E-state index contributed by atoms with van der Waals surface area (Å²) in [7, 11) is 4.18. The average molecular weight is 527 g/mol. The summed E-state index contributed by atoms with van der Waals surface area (Å²) in [6.07, 6.45) is 7.34. The van der Waals surface area contributed by atoms with E-state index in [1.54, 1.807) is 11.3 Å². The van der Waals surface area contributed by atoms with Crippen LogP contribution in [-0.4, -0.2) is 48.7 Å². The molecule has 0 bridgehead atoms. The number of thiophene rings is 1. The van der Waals surface area contributed by atoms with E-state index in [2.05, 4.69) is 58.0 Å². The largest absolute Gasteiger partial charge is 0.493 e. The normalized spacial score (nSPS) is 17.0. The number of nitrogens with zero attached hydrogens (tertiary/aromatic N) is 3. The van der Waals surface area contributed by atoms with E-state index in [1.807, 2.05) is 0 Å². The second-order valence-electron chi connectivity index (χ2n) is 9.93. The van der Waals surface area contributed by atoms with Crippen LogP contribution in [0.1, 0.15) is 48.9 Å². The summed E-state index contributed by atoms with van der Waals surface area (Å²) >= 11 is 1.79. The zero-order chi connectivity index (χ0) is 21.9. The van der Waals surface area contributed by atoms with Gasteiger partial charge in [0.25, 0.3) is 0 Å². The lowest BCUT2D eigenvalue weighted by molar-refractivity contribution is 0.172. The van der Waals surface area contributed by atoms with Gasteiger partial charge in [0.2, 0.25) is 0 Å². The molecule has 2 aromatic heterocycles. The van der Waals surface area contributed by atoms with Gasteiger partial charge in [0, 0.05) is 18.5 Å². The van der Waals surface area contributed by atoms with Crippen molar-refractivity contribution in [3.63, 3.8) is 0 Å². The minimum atomic E-state index is 0. The van der Waals surface area contributed by atoms with Gasteiger partial charge in [-0.3, -0.25) is 4.90 Å². The molecule has 0 N–H and O–H groups in total. The van der Waals surface area contributed by atoms with Gasteiger partial charge >= 0.3 is 0 Å². The highest BCUT2D eigenvalue weighted by atomic mass is 35.5. The highest BCUT2D eigenvalue weighted by Crippen LogP contribution is 2.35. The highest BCUT2D eigenvalue weighted by Gasteiger charge is 2.24. The van der Waals surface area contributed by atoms with Gasteiger partial charge in [0.15, 0.2) is 5.58 Å². The third kappa shape index (κ3) is 6.88. The van der Waals surface area contributed by atoms with Crippen molar-refractivity contribution < 1.29 is 9.26 Å². The first-order valence-corrected chi connectivity index (χ1v) is 13.0. The molecular weight excluding hydrogens is 489 g/mol. The Morgan fingerprint density at radius 3 is 2.56 bits per heavy atom. The SMILES string of the molecule is CN(C)Cc1c(OCC2CC2)ccc2c(CCC3CCN(Cc4ccsc4)CC3)noc12.Cl.Cl. The lowest BCUT2D eigenvalue weighted by Crippen LogP contribution is -2.33. The van der Waals surface area contributed by atoms with Gasteiger partial charge in [-0.25, -0.2) is 0 Å². The number of halogens is 2. The number of likely N-dealkylation sites (tertiary alicyclic amines) is 1. The minimum absolute atomic E-state index is 0. The van der Waals surface area contributed by atoms with Crippen LogP contribution in [0.2, 0.25) is 0 Å². The molecule has 0 spiro atoms. The lowest BCUT2D eigenvalue weighted by Gasteiger charge is -2.31. The summed E-state index contributed by atoms with van der Waals surface area (Å²) in [5.74, 6) is 2.47. The zero-order valence-electron chi connectivity index (χ0n) is 20.2. The van der Waals surface area contributed by atoms with Crippen LogP contribution in [0, 0.1) is 11.8 Å². The summed E-state index contributed by atoms with van der Waals surface area (Å²) < 4.78 is 12.1. The Hall–Kier alpha value is -1.31. The van der Waals surface area contributed by atoms with Gasteiger partial charge < -0.3 is 14.2 Å². The maximum absolute atomic E-state index is 6.16. The molecule has 5 rings (SSSR count). The molecule has 2 aliphatic rings. The number of fused-ring (bicyclic) bond motifs is 1. The Labute approximate surface area is 219 Å². The third-order valence-corrected chi connectivity index (χ3v) is 7.64. The summed E-state index contributed by atoms with van der Waals surface area (Å²) in [4.78, 5) is 4.77. The number of hydrogen-bond donors (Lipinski definition) is 0. The fourth-order valence-corrected chi connectivity index (χ4v) is 5.44. The summed E-state index contributed by atoms with van der Waals surface area (Å²) in [6.45, 7) is 5.13. The first-order valence-electron chi connectivity index (χ1n) is 12.1. The molecule has 0 radical (unpaired) electrons. The van der Waals surface area contributed by atoms with Crippen molar-refractivity contribution >= 4 is 47.1 Å². The van der Waals surface area contributed by atoms with Crippen LogP contribution in [-0.2, 0) is 19.5 Å². The number of aromatic nitrogens is 1. The molecule has 0 atom stereocenters. The van der Waals surface area contributed by atoms with Gasteiger partial charge in [-0.05, 0) is 112 Å². The Morgan fingerprint density at radius 2 is 1.88 bits per heavy atom. The van der Waals surface area contributed by atoms with Crippen LogP contribution >= 0.6 is 36.2 Å². The van der Waals surface area contributed by atoms with Crippen molar-refractivity contribution in [1.82, 2.24) is 15.0 Å². The van der Waals surface area contributed by atoms with Gasteiger partial charge in [-0.1, -0.05) is 5.16 Å². The topological polar surface area (TPSA) is 41.7 Å². The molecule has 1 aromatic carbocycles. The van der Waals surface area contributed by atoms with Crippen LogP contribution in [0.3, 0.4) is 0 Å². The molecule has 3 aromatic rings. The average Bonchev–Trinajstić information content (AvgIpc) is 3.30. The number of rotatable bonds is 10. The maximum Gasteiger partial charge on any atom is 0.175 e. The van der Waals surface area contributed by atoms with E-state index < -0.39 is 0 Å². The summed E-state index contributed by atoms with van der Waals surface area (Å²) in [5.41, 5.74) is 4.60. The molecule has 1 saturated carbocycles. The van der Waals surface area contributed by atoms with Crippen molar-refractivity contribution in [3.05, 3.63) is 45.8 Å². The van der Waals surface area contributed by atoms with Gasteiger partial charge in [0.1, 0.15) is 5.75 Å².